The summed E-state index contributed by atoms with van der Waals surface area (Å²) in [5.74, 6) is -0.539. The minimum atomic E-state index is -0.539. The number of anilines is 1. The monoisotopic (exact) mass is 191 g/mol. The quantitative estimate of drug-likeness (QED) is 0.554. The van der Waals surface area contributed by atoms with Gasteiger partial charge in [-0.1, -0.05) is 0 Å². The van der Waals surface area contributed by atoms with Crippen LogP contribution in [0.1, 0.15) is 17.5 Å². The van der Waals surface area contributed by atoms with Crippen molar-refractivity contribution in [2.45, 2.75) is 13.3 Å². The smallest absolute Gasteiger partial charge is 0.134 e. The highest BCUT2D eigenvalue weighted by Crippen LogP contribution is 2.19. The molecule has 1 aromatic carbocycles. The van der Waals surface area contributed by atoms with Gasteiger partial charge in [-0.3, -0.25) is 0 Å². The van der Waals surface area contributed by atoms with Crippen molar-refractivity contribution >= 4 is 11.4 Å². The van der Waals surface area contributed by atoms with Crippen LogP contribution in [0.25, 0.3) is 0 Å². The molecule has 72 valence electrons. The zero-order valence-electron chi connectivity index (χ0n) is 7.76. The molecular weight excluding hydrogens is 181 g/mol. The lowest BCUT2D eigenvalue weighted by Gasteiger charge is -2.07. The minimum absolute atomic E-state index is 0.0390. The zero-order valence-corrected chi connectivity index (χ0v) is 7.76. The van der Waals surface area contributed by atoms with Crippen LogP contribution >= 0.6 is 0 Å². The van der Waals surface area contributed by atoms with Gasteiger partial charge in [-0.05, 0) is 24.6 Å². The molecule has 3 nitrogen and oxygen atoms in total. The molecule has 0 radical (unpaired) electrons. The number of halogens is 1. The molecule has 0 amide bonds. The van der Waals surface area contributed by atoms with Crippen molar-refractivity contribution in [3.05, 3.63) is 29.1 Å². The average Bonchev–Trinajstić information content (AvgIpc) is 2.01. The van der Waals surface area contributed by atoms with Crippen molar-refractivity contribution in [3.63, 3.8) is 0 Å². The Labute approximate surface area is 81.5 Å². The lowest BCUT2D eigenvalue weighted by Crippen LogP contribution is -2.06. The van der Waals surface area contributed by atoms with E-state index in [1.165, 1.54) is 6.07 Å². The highest BCUT2D eigenvalue weighted by molar-refractivity contribution is 6.03. The van der Waals surface area contributed by atoms with Crippen molar-refractivity contribution in [3.8, 4) is 6.07 Å². The molecular formula is C10H10FN3. The van der Waals surface area contributed by atoms with Crippen LogP contribution in [0, 0.1) is 29.5 Å². The van der Waals surface area contributed by atoms with E-state index >= 15 is 0 Å². The highest BCUT2D eigenvalue weighted by atomic mass is 19.1. The number of nitrogen functional groups attached to an aromatic ring is 1. The molecule has 0 bridgehead atoms. The van der Waals surface area contributed by atoms with Crippen LogP contribution < -0.4 is 5.73 Å². The van der Waals surface area contributed by atoms with Crippen LogP contribution in [0.3, 0.4) is 0 Å². The Balaban J connectivity index is 3.22. The van der Waals surface area contributed by atoms with E-state index in [0.29, 0.717) is 5.56 Å². The first-order valence-electron chi connectivity index (χ1n) is 4.06. The largest absolute Gasteiger partial charge is 0.398 e. The first kappa shape index (κ1) is 10.2. The number of nitrogens with one attached hydrogen (secondary N) is 1. The fourth-order valence-corrected chi connectivity index (χ4v) is 1.25. The highest BCUT2D eigenvalue weighted by Gasteiger charge is 2.12. The van der Waals surface area contributed by atoms with Crippen LogP contribution in [-0.2, 0) is 0 Å². The maximum absolute atomic E-state index is 13.4. The predicted molar refractivity (Wildman–Crippen MR) is 52.6 cm³/mol. The fraction of sp³-hybridized carbons (Fsp3) is 0.200. The third-order valence-corrected chi connectivity index (χ3v) is 1.82. The molecule has 0 aliphatic heterocycles. The van der Waals surface area contributed by atoms with E-state index in [0.717, 1.165) is 0 Å². The summed E-state index contributed by atoms with van der Waals surface area (Å²) in [6.07, 6.45) is -0.135. The Bertz CT molecular complexity index is 395. The molecule has 0 aliphatic rings. The molecule has 4 heteroatoms. The zero-order chi connectivity index (χ0) is 10.7. The molecule has 1 rings (SSSR count). The SMILES string of the molecule is Cc1cc(N)c(C(=N)CC#N)c(F)c1. The number of nitrogens with zero attached hydrogens (tertiary/aromatic N) is 1. The van der Waals surface area contributed by atoms with E-state index in [1.54, 1.807) is 19.1 Å². The van der Waals surface area contributed by atoms with Gasteiger partial charge in [0.25, 0.3) is 0 Å². The first-order valence-corrected chi connectivity index (χ1v) is 4.06. The lowest BCUT2D eigenvalue weighted by molar-refractivity contribution is 0.624. The van der Waals surface area contributed by atoms with Gasteiger partial charge in [0.05, 0.1) is 23.8 Å². The predicted octanol–water partition coefficient (Wildman–Crippen LogP) is 2.00. The van der Waals surface area contributed by atoms with Crippen LogP contribution in [0.15, 0.2) is 12.1 Å². The number of nitriles is 1. The summed E-state index contributed by atoms with van der Waals surface area (Å²) in [5, 5.41) is 15.8. The number of nitrogens with two attached hydrogens (primary N) is 1. The number of hydrogen-bond acceptors (Lipinski definition) is 3. The van der Waals surface area contributed by atoms with Crippen LogP contribution in [-0.4, -0.2) is 5.71 Å². The van der Waals surface area contributed by atoms with E-state index in [1.807, 2.05) is 0 Å². The van der Waals surface area contributed by atoms with Gasteiger partial charge in [0.1, 0.15) is 5.82 Å². The van der Waals surface area contributed by atoms with Gasteiger partial charge in [0.2, 0.25) is 0 Å². The molecule has 0 saturated heterocycles. The van der Waals surface area contributed by atoms with Crippen molar-refractivity contribution in [2.24, 2.45) is 0 Å². The lowest BCUT2D eigenvalue weighted by atomic mass is 10.0. The second-order valence-electron chi connectivity index (χ2n) is 3.02. The van der Waals surface area contributed by atoms with Gasteiger partial charge >= 0.3 is 0 Å². The van der Waals surface area contributed by atoms with E-state index in [9.17, 15) is 4.39 Å². The summed E-state index contributed by atoms with van der Waals surface area (Å²) in [5.41, 5.74) is 6.43. The average molecular weight is 191 g/mol. The minimum Gasteiger partial charge on any atom is -0.398 e. The van der Waals surface area contributed by atoms with Gasteiger partial charge in [0.15, 0.2) is 0 Å². The third-order valence-electron chi connectivity index (χ3n) is 1.82. The Kier molecular flexibility index (Phi) is 2.82. The normalized spacial score (nSPS) is 9.50. The molecule has 0 spiro atoms. The first-order chi connectivity index (χ1) is 6.56. The van der Waals surface area contributed by atoms with Crippen molar-refractivity contribution in [2.75, 3.05) is 5.73 Å². The Morgan fingerprint density at radius 1 is 1.64 bits per heavy atom. The molecule has 0 aromatic heterocycles. The molecule has 0 saturated carbocycles. The van der Waals surface area contributed by atoms with Crippen molar-refractivity contribution in [1.82, 2.24) is 0 Å². The van der Waals surface area contributed by atoms with E-state index in [4.69, 9.17) is 16.4 Å². The fourth-order valence-electron chi connectivity index (χ4n) is 1.25. The number of aryl methyl sites for hydroxylation is 1. The topological polar surface area (TPSA) is 73.7 Å². The third kappa shape index (κ3) is 1.88. The van der Waals surface area contributed by atoms with Gasteiger partial charge < -0.3 is 11.1 Å². The Hall–Kier alpha value is -1.89. The second-order valence-corrected chi connectivity index (χ2v) is 3.02. The standard InChI is InChI=1S/C10H10FN3/c1-6-4-7(11)10(9(14)5-6)8(13)2-3-12/h4-5,13H,2,14H2,1H3. The Morgan fingerprint density at radius 2 is 2.29 bits per heavy atom. The van der Waals surface area contributed by atoms with Crippen molar-refractivity contribution < 1.29 is 4.39 Å². The van der Waals surface area contributed by atoms with E-state index in [-0.39, 0.29) is 23.4 Å². The number of benzene rings is 1. The summed E-state index contributed by atoms with van der Waals surface area (Å²) >= 11 is 0. The summed E-state index contributed by atoms with van der Waals surface area (Å²) in [6, 6.07) is 4.68. The molecule has 0 aliphatic carbocycles. The van der Waals surface area contributed by atoms with E-state index < -0.39 is 5.82 Å². The van der Waals surface area contributed by atoms with Crippen LogP contribution in [0.5, 0.6) is 0 Å². The van der Waals surface area contributed by atoms with Gasteiger partial charge in [-0.15, -0.1) is 0 Å². The van der Waals surface area contributed by atoms with Crippen LogP contribution in [0.4, 0.5) is 10.1 Å². The van der Waals surface area contributed by atoms with Gasteiger partial charge in [0, 0.05) is 5.69 Å². The molecule has 0 unspecified atom stereocenters. The number of hydrogen-bond donors (Lipinski definition) is 2. The molecule has 0 fully saturated rings. The molecule has 14 heavy (non-hydrogen) atoms. The van der Waals surface area contributed by atoms with Crippen LogP contribution in [0.2, 0.25) is 0 Å². The molecule has 0 heterocycles. The molecule has 1 aromatic rings. The second kappa shape index (κ2) is 3.88. The molecule has 3 N–H and O–H groups in total. The maximum atomic E-state index is 13.4. The summed E-state index contributed by atoms with van der Waals surface area (Å²) in [7, 11) is 0. The summed E-state index contributed by atoms with van der Waals surface area (Å²) in [4.78, 5) is 0. The van der Waals surface area contributed by atoms with Crippen molar-refractivity contribution in [1.29, 1.82) is 10.7 Å². The summed E-state index contributed by atoms with van der Waals surface area (Å²) < 4.78 is 13.4. The Morgan fingerprint density at radius 3 is 2.79 bits per heavy atom. The van der Waals surface area contributed by atoms with E-state index in [2.05, 4.69) is 0 Å². The maximum Gasteiger partial charge on any atom is 0.134 e. The summed E-state index contributed by atoms with van der Waals surface area (Å²) in [6.45, 7) is 1.72. The molecule has 0 atom stereocenters. The number of rotatable bonds is 2. The van der Waals surface area contributed by atoms with Gasteiger partial charge in [-0.2, -0.15) is 5.26 Å². The van der Waals surface area contributed by atoms with Gasteiger partial charge in [-0.25, -0.2) is 4.39 Å².